The van der Waals surface area contributed by atoms with Crippen molar-refractivity contribution >= 4 is 16.0 Å². The minimum Gasteiger partial charge on any atom is -0.466 e. The number of nitrogens with zero attached hydrogens (tertiary/aromatic N) is 3. The van der Waals surface area contributed by atoms with Crippen LogP contribution in [0.25, 0.3) is 0 Å². The number of hydrogen-bond acceptors (Lipinski definition) is 5. The molecule has 2 rings (SSSR count). The number of aryl methyl sites for hydroxylation is 2. The molecular formula is C14H23N3O4S. The average molecular weight is 329 g/mol. The summed E-state index contributed by atoms with van der Waals surface area (Å²) in [5, 5.41) is 4.19. The summed E-state index contributed by atoms with van der Waals surface area (Å²) < 4.78 is 33.6. The van der Waals surface area contributed by atoms with Crippen molar-refractivity contribution in [1.82, 2.24) is 14.1 Å². The van der Waals surface area contributed by atoms with Gasteiger partial charge in [-0.3, -0.25) is 9.48 Å². The van der Waals surface area contributed by atoms with Gasteiger partial charge in [-0.2, -0.15) is 9.40 Å². The molecule has 1 atom stereocenters. The Morgan fingerprint density at radius 3 is 2.77 bits per heavy atom. The molecule has 2 heterocycles. The van der Waals surface area contributed by atoms with Gasteiger partial charge in [0.25, 0.3) is 0 Å². The second-order valence-corrected chi connectivity index (χ2v) is 7.30. The van der Waals surface area contributed by atoms with Crippen LogP contribution in [0, 0.1) is 12.8 Å². The van der Waals surface area contributed by atoms with Crippen LogP contribution in [-0.4, -0.2) is 48.2 Å². The lowest BCUT2D eigenvalue weighted by Crippen LogP contribution is -2.42. The van der Waals surface area contributed by atoms with Crippen molar-refractivity contribution in [2.45, 2.75) is 45.1 Å². The zero-order valence-corrected chi connectivity index (χ0v) is 14.1. The standard InChI is InChI=1S/C14H23N3O4S/c1-4-16-10-13(11(3)15-16)22(19,20)17-8-6-7-12(9-17)14(18)21-5-2/h10,12H,4-9H2,1-3H3/t12-/m1/s1. The van der Waals surface area contributed by atoms with E-state index in [0.717, 1.165) is 0 Å². The van der Waals surface area contributed by atoms with Gasteiger partial charge in [-0.25, -0.2) is 8.42 Å². The molecule has 0 bridgehead atoms. The Morgan fingerprint density at radius 1 is 1.45 bits per heavy atom. The van der Waals surface area contributed by atoms with Crippen LogP contribution in [0.15, 0.2) is 11.1 Å². The van der Waals surface area contributed by atoms with E-state index in [4.69, 9.17) is 4.74 Å². The van der Waals surface area contributed by atoms with Gasteiger partial charge in [0.1, 0.15) is 4.90 Å². The molecule has 0 aromatic carbocycles. The fraction of sp³-hybridized carbons (Fsp3) is 0.714. The van der Waals surface area contributed by atoms with Crippen LogP contribution in [0.4, 0.5) is 0 Å². The summed E-state index contributed by atoms with van der Waals surface area (Å²) in [7, 11) is -3.62. The SMILES string of the molecule is CCOC(=O)[C@@H]1CCCN(S(=O)(=O)c2cn(CC)nc2C)C1. The number of carbonyl (C=O) groups is 1. The van der Waals surface area contributed by atoms with Gasteiger partial charge < -0.3 is 4.74 Å². The third-order valence-corrected chi connectivity index (χ3v) is 5.82. The number of piperidine rings is 1. The van der Waals surface area contributed by atoms with Crippen LogP contribution in [0.1, 0.15) is 32.4 Å². The van der Waals surface area contributed by atoms with Crippen LogP contribution in [0.2, 0.25) is 0 Å². The molecule has 1 aliphatic heterocycles. The molecule has 7 nitrogen and oxygen atoms in total. The Bertz CT molecular complexity index is 639. The van der Waals surface area contributed by atoms with E-state index in [2.05, 4.69) is 5.10 Å². The molecule has 0 saturated carbocycles. The van der Waals surface area contributed by atoms with Gasteiger partial charge in [-0.15, -0.1) is 0 Å². The summed E-state index contributed by atoms with van der Waals surface area (Å²) in [6, 6.07) is 0. The highest BCUT2D eigenvalue weighted by Gasteiger charge is 2.35. The summed E-state index contributed by atoms with van der Waals surface area (Å²) in [6.45, 7) is 6.86. The molecule has 1 aromatic heterocycles. The topological polar surface area (TPSA) is 81.5 Å². The summed E-state index contributed by atoms with van der Waals surface area (Å²) in [5.41, 5.74) is 0.486. The van der Waals surface area contributed by atoms with Crippen LogP contribution in [0.5, 0.6) is 0 Å². The van der Waals surface area contributed by atoms with E-state index in [0.29, 0.717) is 38.2 Å². The molecule has 0 unspecified atom stereocenters. The first kappa shape index (κ1) is 17.0. The number of carbonyl (C=O) groups excluding carboxylic acids is 1. The maximum Gasteiger partial charge on any atom is 0.310 e. The van der Waals surface area contributed by atoms with Crippen LogP contribution in [0.3, 0.4) is 0 Å². The molecular weight excluding hydrogens is 306 g/mol. The highest BCUT2D eigenvalue weighted by Crippen LogP contribution is 2.25. The zero-order chi connectivity index (χ0) is 16.3. The quantitative estimate of drug-likeness (QED) is 0.758. The molecule has 0 amide bonds. The zero-order valence-electron chi connectivity index (χ0n) is 13.3. The van der Waals surface area contributed by atoms with Gasteiger partial charge in [0, 0.05) is 25.8 Å². The smallest absolute Gasteiger partial charge is 0.310 e. The number of hydrogen-bond donors (Lipinski definition) is 0. The molecule has 1 aromatic rings. The van der Waals surface area contributed by atoms with Crippen molar-refractivity contribution in [3.63, 3.8) is 0 Å². The predicted molar refractivity (Wildman–Crippen MR) is 80.8 cm³/mol. The first-order valence-electron chi connectivity index (χ1n) is 7.61. The first-order chi connectivity index (χ1) is 10.4. The van der Waals surface area contributed by atoms with E-state index in [1.54, 1.807) is 24.7 Å². The highest BCUT2D eigenvalue weighted by molar-refractivity contribution is 7.89. The van der Waals surface area contributed by atoms with Gasteiger partial charge in [-0.05, 0) is 33.6 Å². The van der Waals surface area contributed by atoms with Gasteiger partial charge in [-0.1, -0.05) is 0 Å². The summed E-state index contributed by atoms with van der Waals surface area (Å²) in [6.07, 6.45) is 2.88. The lowest BCUT2D eigenvalue weighted by atomic mass is 10.0. The predicted octanol–water partition coefficient (Wildman–Crippen LogP) is 1.18. The molecule has 1 aliphatic rings. The van der Waals surface area contributed by atoms with Crippen LogP contribution < -0.4 is 0 Å². The van der Waals surface area contributed by atoms with Crippen molar-refractivity contribution in [2.24, 2.45) is 5.92 Å². The third kappa shape index (κ3) is 3.33. The van der Waals surface area contributed by atoms with Crippen molar-refractivity contribution in [1.29, 1.82) is 0 Å². The molecule has 22 heavy (non-hydrogen) atoms. The molecule has 1 saturated heterocycles. The Morgan fingerprint density at radius 2 is 2.18 bits per heavy atom. The molecule has 0 aliphatic carbocycles. The molecule has 0 N–H and O–H groups in total. The third-order valence-electron chi connectivity index (χ3n) is 3.85. The Hall–Kier alpha value is -1.41. The number of aromatic nitrogens is 2. The highest BCUT2D eigenvalue weighted by atomic mass is 32.2. The lowest BCUT2D eigenvalue weighted by Gasteiger charge is -2.30. The Kier molecular flexibility index (Phi) is 5.23. The second kappa shape index (κ2) is 6.78. The van der Waals surface area contributed by atoms with Crippen molar-refractivity contribution in [3.8, 4) is 0 Å². The van der Waals surface area contributed by atoms with Crippen molar-refractivity contribution in [2.75, 3.05) is 19.7 Å². The van der Waals surface area contributed by atoms with Gasteiger partial charge in [0.2, 0.25) is 10.0 Å². The maximum atomic E-state index is 12.8. The fourth-order valence-electron chi connectivity index (χ4n) is 2.67. The average Bonchev–Trinajstić information content (AvgIpc) is 2.89. The maximum absolute atomic E-state index is 12.8. The first-order valence-corrected chi connectivity index (χ1v) is 9.05. The Balaban J connectivity index is 2.21. The van der Waals surface area contributed by atoms with E-state index in [1.807, 2.05) is 6.92 Å². The second-order valence-electron chi connectivity index (χ2n) is 5.39. The van der Waals surface area contributed by atoms with E-state index < -0.39 is 10.0 Å². The normalized spacial score (nSPS) is 20.0. The molecule has 0 spiro atoms. The minimum atomic E-state index is -3.62. The van der Waals surface area contributed by atoms with Crippen LogP contribution in [-0.2, 0) is 26.1 Å². The molecule has 0 radical (unpaired) electrons. The van der Waals surface area contributed by atoms with Gasteiger partial charge >= 0.3 is 5.97 Å². The largest absolute Gasteiger partial charge is 0.466 e. The molecule has 1 fully saturated rings. The van der Waals surface area contributed by atoms with Gasteiger partial charge in [0.15, 0.2) is 0 Å². The van der Waals surface area contributed by atoms with E-state index in [1.165, 1.54) is 4.31 Å². The number of sulfonamides is 1. The summed E-state index contributed by atoms with van der Waals surface area (Å²) >= 11 is 0. The van der Waals surface area contributed by atoms with Gasteiger partial charge in [0.05, 0.1) is 18.2 Å². The van der Waals surface area contributed by atoms with E-state index in [-0.39, 0.29) is 23.3 Å². The van der Waals surface area contributed by atoms with Crippen molar-refractivity contribution < 1.29 is 17.9 Å². The minimum absolute atomic E-state index is 0.178. The number of ether oxygens (including phenoxy) is 1. The van der Waals surface area contributed by atoms with E-state index in [9.17, 15) is 13.2 Å². The monoisotopic (exact) mass is 329 g/mol. The van der Waals surface area contributed by atoms with E-state index >= 15 is 0 Å². The molecule has 124 valence electrons. The summed E-state index contributed by atoms with van der Waals surface area (Å²) in [5.74, 6) is -0.701. The summed E-state index contributed by atoms with van der Waals surface area (Å²) in [4.78, 5) is 12.1. The van der Waals surface area contributed by atoms with Crippen molar-refractivity contribution in [3.05, 3.63) is 11.9 Å². The number of rotatable bonds is 5. The fourth-order valence-corrected chi connectivity index (χ4v) is 4.36. The lowest BCUT2D eigenvalue weighted by molar-refractivity contribution is -0.149. The number of esters is 1. The molecule has 8 heteroatoms. The Labute approximate surface area is 131 Å². The van der Waals surface area contributed by atoms with Crippen LogP contribution >= 0.6 is 0 Å².